The zero-order valence-electron chi connectivity index (χ0n) is 11.1. The lowest BCUT2D eigenvalue weighted by molar-refractivity contribution is -0.205. The van der Waals surface area contributed by atoms with Gasteiger partial charge in [-0.1, -0.05) is 16.9 Å². The first-order valence-corrected chi connectivity index (χ1v) is 8.49. The molecule has 1 aliphatic rings. The van der Waals surface area contributed by atoms with Gasteiger partial charge < -0.3 is 30.4 Å². The summed E-state index contributed by atoms with van der Waals surface area (Å²) in [6.07, 6.45) is -1.75. The highest BCUT2D eigenvalue weighted by Crippen LogP contribution is 2.30. The Bertz CT molecular complexity index is 317. The number of aliphatic hydroxyl groups is 4. The number of hydrogen-bond acceptors (Lipinski definition) is 9. The molecule has 0 aliphatic carbocycles. The van der Waals surface area contributed by atoms with Gasteiger partial charge in [-0.25, -0.2) is 0 Å². The van der Waals surface area contributed by atoms with Crippen molar-refractivity contribution in [3.05, 3.63) is 0 Å². The predicted molar refractivity (Wildman–Crippen MR) is 78.2 cm³/mol. The molecule has 0 saturated carbocycles. The molecule has 1 rings (SSSR count). The van der Waals surface area contributed by atoms with Gasteiger partial charge in [-0.05, 0) is 18.4 Å². The lowest BCUT2D eigenvalue weighted by Gasteiger charge is -2.39. The Hall–Kier alpha value is -0.0300. The molecule has 0 amide bonds. The van der Waals surface area contributed by atoms with E-state index < -0.39 is 36.5 Å². The van der Waals surface area contributed by atoms with E-state index in [1.54, 1.807) is 11.8 Å². The average Bonchev–Trinajstić information content (AvgIpc) is 2.46. The van der Waals surface area contributed by atoms with Crippen molar-refractivity contribution in [2.45, 2.75) is 42.7 Å². The molecule has 5 atom stereocenters. The van der Waals surface area contributed by atoms with Crippen molar-refractivity contribution in [3.63, 3.8) is 0 Å². The van der Waals surface area contributed by atoms with Crippen molar-refractivity contribution >= 4 is 28.6 Å². The maximum absolute atomic E-state index is 9.86. The van der Waals surface area contributed by atoms with Gasteiger partial charge in [0.1, 0.15) is 34.9 Å². The van der Waals surface area contributed by atoms with Crippen LogP contribution >= 0.6 is 23.5 Å². The van der Waals surface area contributed by atoms with E-state index in [0.29, 0.717) is 11.5 Å². The summed E-state index contributed by atoms with van der Waals surface area (Å²) in [6, 6.07) is 0. The summed E-state index contributed by atoms with van der Waals surface area (Å²) in [7, 11) is 0. The number of thioether (sulfide) groups is 2. The van der Waals surface area contributed by atoms with E-state index in [1.165, 1.54) is 0 Å². The number of aliphatic hydroxyl groups excluding tert-OH is 4. The average molecular weight is 327 g/mol. The molecule has 0 unspecified atom stereocenters. The van der Waals surface area contributed by atoms with Crippen molar-refractivity contribution in [2.24, 2.45) is 5.16 Å². The summed E-state index contributed by atoms with van der Waals surface area (Å²) in [5.74, 6) is 0.911. The summed E-state index contributed by atoms with van der Waals surface area (Å²) < 4.78 is 5.32. The maximum atomic E-state index is 9.86. The van der Waals surface area contributed by atoms with Crippen LogP contribution in [0.25, 0.3) is 0 Å². The Morgan fingerprint density at radius 1 is 1.20 bits per heavy atom. The Kier molecular flexibility index (Phi) is 8.18. The van der Waals surface area contributed by atoms with Gasteiger partial charge in [0.15, 0.2) is 0 Å². The van der Waals surface area contributed by atoms with E-state index in [4.69, 9.17) is 15.1 Å². The number of ether oxygens (including phenoxy) is 1. The molecule has 0 aromatic rings. The van der Waals surface area contributed by atoms with E-state index in [2.05, 4.69) is 5.16 Å². The van der Waals surface area contributed by atoms with Crippen molar-refractivity contribution in [2.75, 3.05) is 18.6 Å². The zero-order chi connectivity index (χ0) is 15.1. The summed E-state index contributed by atoms with van der Waals surface area (Å²) in [5.41, 5.74) is -0.897. The van der Waals surface area contributed by atoms with Crippen LogP contribution < -0.4 is 0 Å². The van der Waals surface area contributed by atoms with E-state index in [0.717, 1.165) is 23.9 Å². The minimum Gasteiger partial charge on any atom is -0.410 e. The smallest absolute Gasteiger partial charge is 0.138 e. The van der Waals surface area contributed by atoms with Crippen molar-refractivity contribution in [3.8, 4) is 0 Å². The van der Waals surface area contributed by atoms with E-state index in [1.807, 2.05) is 6.26 Å². The second-order valence-corrected chi connectivity index (χ2v) is 6.56. The van der Waals surface area contributed by atoms with Crippen LogP contribution in [0.1, 0.15) is 12.8 Å². The molecule has 0 bridgehead atoms. The predicted octanol–water partition coefficient (Wildman–Crippen LogP) is -0.550. The molecule has 7 nitrogen and oxygen atoms in total. The first kappa shape index (κ1) is 18.0. The van der Waals surface area contributed by atoms with Crippen LogP contribution in [0, 0.1) is 0 Å². The Morgan fingerprint density at radius 2 is 1.90 bits per heavy atom. The highest BCUT2D eigenvalue weighted by atomic mass is 32.2. The second kappa shape index (κ2) is 9.08. The monoisotopic (exact) mass is 327 g/mol. The third-order valence-corrected chi connectivity index (χ3v) is 4.83. The Balaban J connectivity index is 2.60. The molecule has 0 spiro atoms. The highest BCUT2D eigenvalue weighted by Gasteiger charge is 2.44. The summed E-state index contributed by atoms with van der Waals surface area (Å²) >= 11 is 2.66. The van der Waals surface area contributed by atoms with E-state index >= 15 is 0 Å². The van der Waals surface area contributed by atoms with Crippen molar-refractivity contribution < 1.29 is 30.4 Å². The molecular formula is C11H21NO6S2. The fourth-order valence-electron chi connectivity index (χ4n) is 1.80. The largest absolute Gasteiger partial charge is 0.410 e. The minimum absolute atomic E-state index is 0.378. The molecule has 9 heteroatoms. The molecule has 118 valence electrons. The van der Waals surface area contributed by atoms with Gasteiger partial charge in [0.2, 0.25) is 0 Å². The normalized spacial score (nSPS) is 35.2. The number of hydrogen-bond donors (Lipinski definition) is 5. The standard InChI is InChI=1S/C11H21NO6S2/c1-19-4-2-3-7(12-17)20-11-10(16)9(15)8(14)6(5-13)18-11/h6,8-11,13-17H,2-5H2,1H3/b12-7+/t6-,8-,9+,10-,11+/m1/s1. The fraction of sp³-hybridized carbons (Fsp3) is 0.909. The van der Waals surface area contributed by atoms with Gasteiger partial charge in [0, 0.05) is 6.42 Å². The van der Waals surface area contributed by atoms with Crippen LogP contribution in [-0.4, -0.2) is 79.1 Å². The SMILES string of the molecule is CSCCC/C(=N\O)S[C@@H]1O[C@H](CO)[C@@H](O)[C@H](O)[C@H]1O. The van der Waals surface area contributed by atoms with Gasteiger partial charge in [0.05, 0.1) is 6.61 Å². The molecule has 0 radical (unpaired) electrons. The quantitative estimate of drug-likeness (QED) is 0.145. The molecule has 0 aromatic heterocycles. The Morgan fingerprint density at radius 3 is 2.45 bits per heavy atom. The molecule has 1 fully saturated rings. The van der Waals surface area contributed by atoms with Gasteiger partial charge in [0.25, 0.3) is 0 Å². The van der Waals surface area contributed by atoms with Crippen LogP contribution in [-0.2, 0) is 4.74 Å². The molecule has 5 N–H and O–H groups in total. The number of rotatable bonds is 6. The molecule has 0 aromatic carbocycles. The third kappa shape index (κ3) is 4.76. The Labute approximate surface area is 126 Å². The van der Waals surface area contributed by atoms with Gasteiger partial charge in [-0.2, -0.15) is 11.8 Å². The van der Waals surface area contributed by atoms with E-state index in [-0.39, 0.29) is 0 Å². The topological polar surface area (TPSA) is 123 Å². The highest BCUT2D eigenvalue weighted by molar-refractivity contribution is 8.14. The third-order valence-electron chi connectivity index (χ3n) is 2.95. The van der Waals surface area contributed by atoms with Gasteiger partial charge in [-0.3, -0.25) is 0 Å². The second-order valence-electron chi connectivity index (χ2n) is 4.41. The minimum atomic E-state index is -1.41. The lowest BCUT2D eigenvalue weighted by atomic mass is 10.0. The summed E-state index contributed by atoms with van der Waals surface area (Å²) in [5, 5.41) is 50.7. The number of nitrogens with zero attached hydrogens (tertiary/aromatic N) is 1. The van der Waals surface area contributed by atoms with E-state index in [9.17, 15) is 15.3 Å². The van der Waals surface area contributed by atoms with Gasteiger partial charge in [-0.15, -0.1) is 0 Å². The van der Waals surface area contributed by atoms with Crippen molar-refractivity contribution in [1.82, 2.24) is 0 Å². The van der Waals surface area contributed by atoms with Crippen LogP contribution in [0.5, 0.6) is 0 Å². The van der Waals surface area contributed by atoms with Gasteiger partial charge >= 0.3 is 0 Å². The van der Waals surface area contributed by atoms with Crippen LogP contribution in [0.3, 0.4) is 0 Å². The molecule has 1 heterocycles. The molecule has 1 aliphatic heterocycles. The van der Waals surface area contributed by atoms with Crippen LogP contribution in [0.15, 0.2) is 5.16 Å². The van der Waals surface area contributed by atoms with Crippen LogP contribution in [0.4, 0.5) is 0 Å². The lowest BCUT2D eigenvalue weighted by Crippen LogP contribution is -2.57. The maximum Gasteiger partial charge on any atom is 0.138 e. The van der Waals surface area contributed by atoms with Crippen molar-refractivity contribution in [1.29, 1.82) is 0 Å². The fourth-order valence-corrected chi connectivity index (χ4v) is 3.31. The molecule has 20 heavy (non-hydrogen) atoms. The van der Waals surface area contributed by atoms with Crippen LogP contribution in [0.2, 0.25) is 0 Å². The summed E-state index contributed by atoms with van der Waals surface area (Å²) in [6.45, 7) is -0.472. The first-order chi connectivity index (χ1) is 9.54. The molecule has 1 saturated heterocycles. The summed E-state index contributed by atoms with van der Waals surface area (Å²) in [4.78, 5) is 0. The number of oxime groups is 1. The first-order valence-electron chi connectivity index (χ1n) is 6.22. The molecular weight excluding hydrogens is 306 g/mol. The zero-order valence-corrected chi connectivity index (χ0v) is 12.8.